The molecule has 0 aliphatic heterocycles. The summed E-state index contributed by atoms with van der Waals surface area (Å²) in [5.41, 5.74) is 0.370. The number of hydrogen-bond donors (Lipinski definition) is 1. The number of nitrogens with one attached hydrogen (secondary N) is 1. The largest absolute Gasteiger partial charge is 0.378 e. The Labute approximate surface area is 111 Å². The van der Waals surface area contributed by atoms with Gasteiger partial charge >= 0.3 is 0 Å². The fourth-order valence-corrected chi connectivity index (χ4v) is 1.68. The fraction of sp³-hybridized carbons (Fsp3) is 0.200. The number of H-pyrrole nitrogens is 1. The second kappa shape index (κ2) is 5.32. The molecule has 0 saturated heterocycles. The summed E-state index contributed by atoms with van der Waals surface area (Å²) in [6.07, 6.45) is 3.19. The van der Waals surface area contributed by atoms with Crippen LogP contribution in [-0.2, 0) is 11.3 Å². The van der Waals surface area contributed by atoms with Gasteiger partial charge in [-0.05, 0) is 28.7 Å². The maximum atomic E-state index is 11.7. The van der Waals surface area contributed by atoms with E-state index in [9.17, 15) is 4.79 Å². The van der Waals surface area contributed by atoms with Gasteiger partial charge in [-0.15, -0.1) is 0 Å². The Hall–Kier alpha value is -1.35. The standard InChI is InChI=1S/C10H9IN4O2/c1-17-5-6-7(11)10(16)15-9(14-6)8-12-3-2-4-13-8/h2-4H,5H2,1H3,(H,14,15,16). The Bertz CT molecular complexity index is 570. The van der Waals surface area contributed by atoms with Gasteiger partial charge in [0.1, 0.15) is 3.57 Å². The van der Waals surface area contributed by atoms with E-state index in [1.165, 1.54) is 0 Å². The van der Waals surface area contributed by atoms with Crippen LogP contribution in [0.15, 0.2) is 23.3 Å². The molecule has 0 atom stereocenters. The van der Waals surface area contributed by atoms with E-state index in [0.717, 1.165) is 0 Å². The van der Waals surface area contributed by atoms with Crippen molar-refractivity contribution in [1.82, 2.24) is 19.9 Å². The van der Waals surface area contributed by atoms with Crippen LogP contribution in [0.3, 0.4) is 0 Å². The first-order chi connectivity index (χ1) is 8.22. The monoisotopic (exact) mass is 344 g/mol. The third kappa shape index (κ3) is 2.67. The molecule has 2 heterocycles. The van der Waals surface area contributed by atoms with Gasteiger partial charge in [0, 0.05) is 19.5 Å². The van der Waals surface area contributed by atoms with E-state index < -0.39 is 0 Å². The minimum absolute atomic E-state index is 0.213. The average molecular weight is 344 g/mol. The molecular formula is C10H9IN4O2. The van der Waals surface area contributed by atoms with Crippen molar-refractivity contribution in [2.24, 2.45) is 0 Å². The molecule has 1 N–H and O–H groups in total. The molecule has 0 spiro atoms. The summed E-state index contributed by atoms with van der Waals surface area (Å²) in [6.45, 7) is 0.280. The van der Waals surface area contributed by atoms with Crippen molar-refractivity contribution in [2.45, 2.75) is 6.61 Å². The lowest BCUT2D eigenvalue weighted by atomic mass is 10.4. The van der Waals surface area contributed by atoms with E-state index in [-0.39, 0.29) is 12.2 Å². The molecule has 0 amide bonds. The number of rotatable bonds is 3. The molecule has 2 rings (SSSR count). The van der Waals surface area contributed by atoms with Gasteiger partial charge in [0.25, 0.3) is 5.56 Å². The van der Waals surface area contributed by atoms with E-state index >= 15 is 0 Å². The van der Waals surface area contributed by atoms with Crippen LogP contribution >= 0.6 is 22.6 Å². The lowest BCUT2D eigenvalue weighted by Crippen LogP contribution is -2.17. The molecule has 88 valence electrons. The average Bonchev–Trinajstić information content (AvgIpc) is 2.36. The predicted octanol–water partition coefficient (Wildman–Crippen LogP) is 0.978. The van der Waals surface area contributed by atoms with E-state index in [1.807, 2.05) is 22.6 Å². The first-order valence-corrected chi connectivity index (χ1v) is 5.85. The summed E-state index contributed by atoms with van der Waals surface area (Å²) in [5.74, 6) is 0.737. The summed E-state index contributed by atoms with van der Waals surface area (Å²) in [7, 11) is 1.55. The molecule has 0 aliphatic rings. The third-order valence-corrected chi connectivity index (χ3v) is 3.10. The summed E-state index contributed by atoms with van der Waals surface area (Å²) < 4.78 is 5.51. The number of ether oxygens (including phenoxy) is 1. The SMILES string of the molecule is COCc1nc(-c2ncccn2)[nH]c(=O)c1I. The maximum absolute atomic E-state index is 11.7. The highest BCUT2D eigenvalue weighted by molar-refractivity contribution is 14.1. The Morgan fingerprint density at radius 2 is 2.12 bits per heavy atom. The van der Waals surface area contributed by atoms with Crippen molar-refractivity contribution in [3.8, 4) is 11.6 Å². The van der Waals surface area contributed by atoms with Crippen LogP contribution in [0.5, 0.6) is 0 Å². The Morgan fingerprint density at radius 3 is 2.76 bits per heavy atom. The number of aromatic amines is 1. The van der Waals surface area contributed by atoms with Crippen LogP contribution in [0.2, 0.25) is 0 Å². The molecule has 6 nitrogen and oxygen atoms in total. The molecule has 2 aromatic rings. The molecule has 0 saturated carbocycles. The van der Waals surface area contributed by atoms with Gasteiger partial charge in [0.05, 0.1) is 12.3 Å². The van der Waals surface area contributed by atoms with Crippen LogP contribution in [0, 0.1) is 3.57 Å². The number of hydrogen-bond acceptors (Lipinski definition) is 5. The van der Waals surface area contributed by atoms with Gasteiger partial charge in [0.15, 0.2) is 11.6 Å². The smallest absolute Gasteiger partial charge is 0.265 e. The highest BCUT2D eigenvalue weighted by Crippen LogP contribution is 2.11. The molecule has 0 radical (unpaired) electrons. The van der Waals surface area contributed by atoms with E-state index in [4.69, 9.17) is 4.74 Å². The van der Waals surface area contributed by atoms with Crippen molar-refractivity contribution >= 4 is 22.6 Å². The second-order valence-corrected chi connectivity index (χ2v) is 4.26. The lowest BCUT2D eigenvalue weighted by molar-refractivity contribution is 0.180. The molecule has 7 heteroatoms. The second-order valence-electron chi connectivity index (χ2n) is 3.18. The quantitative estimate of drug-likeness (QED) is 0.840. The molecule has 0 unspecified atom stereocenters. The van der Waals surface area contributed by atoms with E-state index in [1.54, 1.807) is 25.6 Å². The highest BCUT2D eigenvalue weighted by atomic mass is 127. The minimum atomic E-state index is -0.213. The molecular weight excluding hydrogens is 335 g/mol. The molecule has 0 aliphatic carbocycles. The number of methoxy groups -OCH3 is 1. The maximum Gasteiger partial charge on any atom is 0.265 e. The van der Waals surface area contributed by atoms with E-state index in [2.05, 4.69) is 19.9 Å². The predicted molar refractivity (Wildman–Crippen MR) is 69.3 cm³/mol. The fourth-order valence-electron chi connectivity index (χ4n) is 1.27. The topological polar surface area (TPSA) is 80.8 Å². The van der Waals surface area contributed by atoms with Gasteiger partial charge in [-0.2, -0.15) is 0 Å². The zero-order chi connectivity index (χ0) is 12.3. The molecule has 0 bridgehead atoms. The van der Waals surface area contributed by atoms with E-state index in [0.29, 0.717) is 20.9 Å². The van der Waals surface area contributed by atoms with Crippen LogP contribution < -0.4 is 5.56 Å². The third-order valence-electron chi connectivity index (χ3n) is 1.99. The molecule has 0 aromatic carbocycles. The Balaban J connectivity index is 2.53. The van der Waals surface area contributed by atoms with Crippen LogP contribution in [0.1, 0.15) is 5.69 Å². The number of aromatic nitrogens is 4. The van der Waals surface area contributed by atoms with Gasteiger partial charge in [-0.25, -0.2) is 15.0 Å². The zero-order valence-corrected chi connectivity index (χ0v) is 11.1. The molecule has 2 aromatic heterocycles. The van der Waals surface area contributed by atoms with Crippen LogP contribution in [0.25, 0.3) is 11.6 Å². The highest BCUT2D eigenvalue weighted by Gasteiger charge is 2.11. The summed E-state index contributed by atoms with van der Waals surface area (Å²) in [5, 5.41) is 0. The first-order valence-electron chi connectivity index (χ1n) is 4.77. The number of nitrogens with zero attached hydrogens (tertiary/aromatic N) is 3. The normalized spacial score (nSPS) is 10.5. The molecule has 0 fully saturated rings. The minimum Gasteiger partial charge on any atom is -0.378 e. The first kappa shape index (κ1) is 12.1. The van der Waals surface area contributed by atoms with Crippen molar-refractivity contribution < 1.29 is 4.74 Å². The molecule has 17 heavy (non-hydrogen) atoms. The summed E-state index contributed by atoms with van der Waals surface area (Å²) in [4.78, 5) is 26.7. The summed E-state index contributed by atoms with van der Waals surface area (Å²) >= 11 is 1.94. The Morgan fingerprint density at radius 1 is 1.41 bits per heavy atom. The van der Waals surface area contributed by atoms with Gasteiger partial charge in [-0.3, -0.25) is 4.79 Å². The van der Waals surface area contributed by atoms with Crippen molar-refractivity contribution in [2.75, 3.05) is 7.11 Å². The van der Waals surface area contributed by atoms with Gasteiger partial charge in [0.2, 0.25) is 0 Å². The Kier molecular flexibility index (Phi) is 3.79. The summed E-state index contributed by atoms with van der Waals surface area (Å²) in [6, 6.07) is 1.70. The van der Waals surface area contributed by atoms with Crippen molar-refractivity contribution in [3.63, 3.8) is 0 Å². The van der Waals surface area contributed by atoms with Gasteiger partial charge in [-0.1, -0.05) is 0 Å². The number of halogens is 1. The van der Waals surface area contributed by atoms with Crippen LogP contribution in [0.4, 0.5) is 0 Å². The zero-order valence-electron chi connectivity index (χ0n) is 8.98. The lowest BCUT2D eigenvalue weighted by Gasteiger charge is -2.04. The van der Waals surface area contributed by atoms with Crippen molar-refractivity contribution in [1.29, 1.82) is 0 Å². The van der Waals surface area contributed by atoms with Crippen LogP contribution in [-0.4, -0.2) is 27.0 Å². The van der Waals surface area contributed by atoms with Crippen molar-refractivity contribution in [3.05, 3.63) is 38.1 Å². The van der Waals surface area contributed by atoms with Gasteiger partial charge < -0.3 is 9.72 Å².